The molecule has 0 aliphatic heterocycles. The van der Waals surface area contributed by atoms with E-state index in [2.05, 4.69) is 4.98 Å². The fourth-order valence-electron chi connectivity index (χ4n) is 3.16. The lowest BCUT2D eigenvalue weighted by Gasteiger charge is -2.21. The highest BCUT2D eigenvalue weighted by Crippen LogP contribution is 2.29. The van der Waals surface area contributed by atoms with Crippen LogP contribution in [0.25, 0.3) is 5.65 Å². The minimum absolute atomic E-state index is 0.248. The van der Waals surface area contributed by atoms with Crippen molar-refractivity contribution in [3.8, 4) is 11.6 Å². The quantitative estimate of drug-likeness (QED) is 0.846. The van der Waals surface area contributed by atoms with Gasteiger partial charge < -0.3 is 14.6 Å². The van der Waals surface area contributed by atoms with Gasteiger partial charge in [-0.15, -0.1) is 0 Å². The van der Waals surface area contributed by atoms with E-state index in [1.54, 1.807) is 10.6 Å². The molecule has 0 saturated heterocycles. The second kappa shape index (κ2) is 6.89. The number of carboxylic acid groups (broad SMARTS) is 1. The number of pyridine rings is 1. The van der Waals surface area contributed by atoms with Crippen molar-refractivity contribution in [1.82, 2.24) is 9.38 Å². The van der Waals surface area contributed by atoms with Gasteiger partial charge in [0, 0.05) is 6.20 Å². The lowest BCUT2D eigenvalue weighted by Crippen LogP contribution is -2.15. The van der Waals surface area contributed by atoms with E-state index in [-0.39, 0.29) is 5.88 Å². The first-order valence-corrected chi connectivity index (χ1v) is 8.22. The van der Waals surface area contributed by atoms with Crippen LogP contribution in [0.3, 0.4) is 0 Å². The third-order valence-corrected chi connectivity index (χ3v) is 4.36. The summed E-state index contributed by atoms with van der Waals surface area (Å²) in [6.45, 7) is 2.60. The zero-order chi connectivity index (χ0) is 16.2. The van der Waals surface area contributed by atoms with Crippen LogP contribution in [0.15, 0.2) is 18.3 Å². The normalized spacial score (nSPS) is 15.7. The van der Waals surface area contributed by atoms with E-state index in [0.717, 1.165) is 0 Å². The van der Waals surface area contributed by atoms with Crippen LogP contribution in [0.1, 0.15) is 44.7 Å². The molecule has 6 nitrogen and oxygen atoms in total. The molecule has 0 unspecified atom stereocenters. The van der Waals surface area contributed by atoms with Gasteiger partial charge in [0.25, 0.3) is 0 Å². The molecule has 3 rings (SSSR count). The molecule has 6 heteroatoms. The molecule has 1 aliphatic carbocycles. The molecular formula is C17H22N2O4. The molecule has 124 valence electrons. The summed E-state index contributed by atoms with van der Waals surface area (Å²) in [5, 5.41) is 8.91. The maximum absolute atomic E-state index is 10.9. The number of ether oxygens (including phenoxy) is 2. The molecule has 0 amide bonds. The Hall–Kier alpha value is -2.24. The predicted molar refractivity (Wildman–Crippen MR) is 85.3 cm³/mol. The van der Waals surface area contributed by atoms with Crippen molar-refractivity contribution in [2.24, 2.45) is 5.92 Å². The lowest BCUT2D eigenvalue weighted by atomic mass is 9.90. The van der Waals surface area contributed by atoms with E-state index >= 15 is 0 Å². The first kappa shape index (κ1) is 15.6. The van der Waals surface area contributed by atoms with Gasteiger partial charge in [-0.1, -0.05) is 26.2 Å². The van der Waals surface area contributed by atoms with Crippen molar-refractivity contribution in [3.05, 3.63) is 24.0 Å². The highest BCUT2D eigenvalue weighted by atomic mass is 16.7. The van der Waals surface area contributed by atoms with Gasteiger partial charge >= 0.3 is 6.16 Å². The van der Waals surface area contributed by atoms with Crippen LogP contribution < -0.4 is 9.47 Å². The Balaban J connectivity index is 1.85. The molecule has 1 fully saturated rings. The maximum Gasteiger partial charge on any atom is 0.512 e. The number of fused-ring (bicyclic) bond motifs is 1. The van der Waals surface area contributed by atoms with E-state index in [0.29, 0.717) is 36.0 Å². The van der Waals surface area contributed by atoms with Gasteiger partial charge in [-0.2, -0.15) is 0 Å². The van der Waals surface area contributed by atoms with Crippen molar-refractivity contribution in [1.29, 1.82) is 0 Å². The van der Waals surface area contributed by atoms with Crippen LogP contribution in [0, 0.1) is 5.92 Å². The standard InChI is InChI=1S/C17H22N2O4/c1-2-13-16(23-17(20)21)19-10-6-9-14(15(19)18-13)22-11-12-7-4-3-5-8-12/h6,9-10,12H,2-5,7-8,11H2,1H3,(H,20,21). The zero-order valence-corrected chi connectivity index (χ0v) is 13.3. The first-order valence-electron chi connectivity index (χ1n) is 8.22. The molecule has 0 bridgehead atoms. The van der Waals surface area contributed by atoms with E-state index in [1.165, 1.54) is 32.1 Å². The Labute approximate surface area is 135 Å². The number of hydrogen-bond donors (Lipinski definition) is 1. The van der Waals surface area contributed by atoms with Crippen LogP contribution in [0.4, 0.5) is 4.79 Å². The van der Waals surface area contributed by atoms with Gasteiger partial charge in [0.1, 0.15) is 5.69 Å². The lowest BCUT2D eigenvalue weighted by molar-refractivity contribution is 0.141. The van der Waals surface area contributed by atoms with Crippen LogP contribution in [0.2, 0.25) is 0 Å². The summed E-state index contributed by atoms with van der Waals surface area (Å²) >= 11 is 0. The van der Waals surface area contributed by atoms with Gasteiger partial charge in [0.15, 0.2) is 11.4 Å². The second-order valence-corrected chi connectivity index (χ2v) is 5.97. The van der Waals surface area contributed by atoms with Gasteiger partial charge in [-0.05, 0) is 37.3 Å². The molecule has 0 aromatic carbocycles. The molecule has 1 N–H and O–H groups in total. The molecule has 2 aromatic rings. The Bertz CT molecular complexity index is 689. The zero-order valence-electron chi connectivity index (χ0n) is 13.3. The van der Waals surface area contributed by atoms with Crippen LogP contribution in [-0.4, -0.2) is 27.3 Å². The Morgan fingerprint density at radius 3 is 2.87 bits per heavy atom. The van der Waals surface area contributed by atoms with Gasteiger partial charge in [0.05, 0.1) is 6.61 Å². The molecule has 0 atom stereocenters. The van der Waals surface area contributed by atoms with E-state index in [1.807, 2.05) is 19.1 Å². The molecule has 0 radical (unpaired) electrons. The minimum atomic E-state index is -1.34. The summed E-state index contributed by atoms with van der Waals surface area (Å²) in [5.74, 6) is 1.52. The molecule has 1 saturated carbocycles. The third-order valence-electron chi connectivity index (χ3n) is 4.36. The van der Waals surface area contributed by atoms with Crippen molar-refractivity contribution in [3.63, 3.8) is 0 Å². The minimum Gasteiger partial charge on any atom is -0.489 e. The number of nitrogens with zero attached hydrogens (tertiary/aromatic N) is 2. The topological polar surface area (TPSA) is 73.1 Å². The smallest absolute Gasteiger partial charge is 0.489 e. The fraction of sp³-hybridized carbons (Fsp3) is 0.529. The number of carbonyl (C=O) groups is 1. The number of imidazole rings is 1. The van der Waals surface area contributed by atoms with Gasteiger partial charge in [-0.25, -0.2) is 9.78 Å². The molecule has 1 aliphatic rings. The molecule has 23 heavy (non-hydrogen) atoms. The van der Waals surface area contributed by atoms with Crippen LogP contribution in [0.5, 0.6) is 11.6 Å². The van der Waals surface area contributed by atoms with E-state index in [9.17, 15) is 4.79 Å². The monoisotopic (exact) mass is 318 g/mol. The molecule has 2 heterocycles. The van der Waals surface area contributed by atoms with Gasteiger partial charge in [0.2, 0.25) is 5.88 Å². The summed E-state index contributed by atoms with van der Waals surface area (Å²) in [7, 11) is 0. The summed E-state index contributed by atoms with van der Waals surface area (Å²) in [4.78, 5) is 15.4. The second-order valence-electron chi connectivity index (χ2n) is 5.97. The Morgan fingerprint density at radius 1 is 1.39 bits per heavy atom. The highest BCUT2D eigenvalue weighted by molar-refractivity contribution is 5.64. The van der Waals surface area contributed by atoms with Crippen molar-refractivity contribution < 1.29 is 19.4 Å². The van der Waals surface area contributed by atoms with Crippen molar-refractivity contribution in [2.45, 2.75) is 45.4 Å². The summed E-state index contributed by atoms with van der Waals surface area (Å²) in [6, 6.07) is 3.69. The fourth-order valence-corrected chi connectivity index (χ4v) is 3.16. The molecule has 0 spiro atoms. The summed E-state index contributed by atoms with van der Waals surface area (Å²) in [5.41, 5.74) is 1.22. The third kappa shape index (κ3) is 3.41. The van der Waals surface area contributed by atoms with E-state index in [4.69, 9.17) is 14.6 Å². The Morgan fingerprint density at radius 2 is 2.17 bits per heavy atom. The molecular weight excluding hydrogens is 296 g/mol. The predicted octanol–water partition coefficient (Wildman–Crippen LogP) is 3.91. The number of hydrogen-bond acceptors (Lipinski definition) is 4. The van der Waals surface area contributed by atoms with Crippen molar-refractivity contribution in [2.75, 3.05) is 6.61 Å². The van der Waals surface area contributed by atoms with E-state index < -0.39 is 6.16 Å². The Kier molecular flexibility index (Phi) is 4.69. The summed E-state index contributed by atoms with van der Waals surface area (Å²) in [6.07, 6.45) is 7.30. The highest BCUT2D eigenvalue weighted by Gasteiger charge is 2.19. The average molecular weight is 318 g/mol. The summed E-state index contributed by atoms with van der Waals surface area (Å²) < 4.78 is 12.5. The largest absolute Gasteiger partial charge is 0.512 e. The van der Waals surface area contributed by atoms with Crippen molar-refractivity contribution >= 4 is 11.8 Å². The maximum atomic E-state index is 10.9. The first-order chi connectivity index (χ1) is 11.2. The average Bonchev–Trinajstić information content (AvgIpc) is 2.92. The number of rotatable bonds is 5. The van der Waals surface area contributed by atoms with Crippen LogP contribution in [-0.2, 0) is 6.42 Å². The number of aryl methyl sites for hydroxylation is 1. The van der Waals surface area contributed by atoms with Crippen LogP contribution >= 0.6 is 0 Å². The van der Waals surface area contributed by atoms with Gasteiger partial charge in [-0.3, -0.25) is 4.40 Å². The molecule has 2 aromatic heterocycles. The number of aromatic nitrogens is 2. The SMILES string of the molecule is CCc1nc2c(OCC3CCCCC3)cccn2c1OC(=O)O.